The van der Waals surface area contributed by atoms with Crippen LogP contribution in [-0.4, -0.2) is 42.5 Å². The molecule has 0 bridgehead atoms. The number of rotatable bonds is 3. The van der Waals surface area contributed by atoms with Gasteiger partial charge in [0, 0.05) is 13.1 Å². The number of hydrogen-bond acceptors (Lipinski definition) is 3. The number of ether oxygens (including phenoxy) is 1. The molecule has 0 radical (unpaired) electrons. The fraction of sp³-hybridized carbons (Fsp3) is 0.529. The minimum Gasteiger partial charge on any atom is -0.356 e. The molecule has 1 aliphatic heterocycles. The van der Waals surface area contributed by atoms with Crippen molar-refractivity contribution in [3.8, 4) is 0 Å². The minimum absolute atomic E-state index is 0.134. The fourth-order valence-corrected chi connectivity index (χ4v) is 3.37. The van der Waals surface area contributed by atoms with Gasteiger partial charge in [-0.25, -0.2) is 4.39 Å². The molecule has 0 spiro atoms. The van der Waals surface area contributed by atoms with Crippen molar-refractivity contribution < 1.29 is 18.7 Å². The van der Waals surface area contributed by atoms with Gasteiger partial charge >= 0.3 is 0 Å². The molecule has 2 atom stereocenters. The van der Waals surface area contributed by atoms with Crippen molar-refractivity contribution in [1.29, 1.82) is 0 Å². The van der Waals surface area contributed by atoms with E-state index in [1.807, 2.05) is 0 Å². The van der Waals surface area contributed by atoms with Gasteiger partial charge in [0.05, 0.1) is 6.04 Å². The summed E-state index contributed by atoms with van der Waals surface area (Å²) in [6.07, 6.45) is 3.35. The third kappa shape index (κ3) is 3.37. The lowest BCUT2D eigenvalue weighted by Gasteiger charge is -2.38. The highest BCUT2D eigenvalue weighted by atomic mass is 19.1. The van der Waals surface area contributed by atoms with Crippen LogP contribution < -0.4 is 5.32 Å². The first kappa shape index (κ1) is 15.9. The topological polar surface area (TPSA) is 58.6 Å². The molecule has 1 saturated heterocycles. The standard InChI is InChI=1S/C17H21FN2O3/c1-20-14(21)10-23-16(17(22)19-13-7-2-3-8-13)15(20)11-5-4-6-12(18)9-11/h4-6,9,13,15-16H,2-3,7-8,10H2,1H3,(H,19,22)/t15-,16-/m0/s1. The van der Waals surface area contributed by atoms with Crippen LogP contribution in [0.3, 0.4) is 0 Å². The van der Waals surface area contributed by atoms with Crippen LogP contribution >= 0.6 is 0 Å². The summed E-state index contributed by atoms with van der Waals surface area (Å²) in [5.41, 5.74) is 0.562. The second-order valence-corrected chi connectivity index (χ2v) is 6.23. The smallest absolute Gasteiger partial charge is 0.251 e. The Morgan fingerprint density at radius 2 is 2.09 bits per heavy atom. The number of nitrogens with one attached hydrogen (secondary N) is 1. The molecule has 0 aromatic heterocycles. The Bertz CT molecular complexity index is 601. The van der Waals surface area contributed by atoms with Gasteiger partial charge in [-0.1, -0.05) is 25.0 Å². The Morgan fingerprint density at radius 1 is 1.35 bits per heavy atom. The van der Waals surface area contributed by atoms with Crippen LogP contribution in [0, 0.1) is 5.82 Å². The van der Waals surface area contributed by atoms with Gasteiger partial charge in [-0.15, -0.1) is 0 Å². The normalized spacial score (nSPS) is 25.7. The van der Waals surface area contributed by atoms with Crippen LogP contribution in [0.15, 0.2) is 24.3 Å². The van der Waals surface area contributed by atoms with E-state index in [1.54, 1.807) is 19.2 Å². The summed E-state index contributed by atoms with van der Waals surface area (Å²) in [5.74, 6) is -0.849. The Kier molecular flexibility index (Phi) is 4.61. The number of likely N-dealkylation sites (N-methyl/N-ethyl adjacent to an activating group) is 1. The quantitative estimate of drug-likeness (QED) is 0.923. The molecule has 1 aliphatic carbocycles. The van der Waals surface area contributed by atoms with Crippen LogP contribution in [-0.2, 0) is 14.3 Å². The van der Waals surface area contributed by atoms with Gasteiger partial charge < -0.3 is 15.0 Å². The summed E-state index contributed by atoms with van der Waals surface area (Å²) in [6.45, 7) is -0.134. The molecule has 1 aromatic rings. The molecule has 5 nitrogen and oxygen atoms in total. The van der Waals surface area contributed by atoms with Crippen LogP contribution in [0.1, 0.15) is 37.3 Å². The number of carbonyl (C=O) groups is 2. The molecule has 1 saturated carbocycles. The van der Waals surface area contributed by atoms with E-state index in [-0.39, 0.29) is 24.5 Å². The van der Waals surface area contributed by atoms with Crippen LogP contribution in [0.25, 0.3) is 0 Å². The van der Waals surface area contributed by atoms with Gasteiger partial charge in [-0.05, 0) is 30.5 Å². The SMILES string of the molecule is CN1C(=O)CO[C@H](C(=O)NC2CCCC2)[C@@H]1c1cccc(F)c1. The first-order valence-corrected chi connectivity index (χ1v) is 7.99. The largest absolute Gasteiger partial charge is 0.356 e. The molecular formula is C17H21FN2O3. The van der Waals surface area contributed by atoms with Gasteiger partial charge in [0.2, 0.25) is 5.91 Å². The van der Waals surface area contributed by atoms with Gasteiger partial charge in [-0.3, -0.25) is 9.59 Å². The monoisotopic (exact) mass is 320 g/mol. The summed E-state index contributed by atoms with van der Waals surface area (Å²) in [7, 11) is 1.62. The van der Waals surface area contributed by atoms with Crippen LogP contribution in [0.5, 0.6) is 0 Å². The van der Waals surface area contributed by atoms with E-state index in [9.17, 15) is 14.0 Å². The van der Waals surface area contributed by atoms with Crippen molar-refractivity contribution in [3.63, 3.8) is 0 Å². The molecule has 1 aromatic carbocycles. The van der Waals surface area contributed by atoms with Crippen LogP contribution in [0.2, 0.25) is 0 Å². The van der Waals surface area contributed by atoms with E-state index in [0.717, 1.165) is 25.7 Å². The van der Waals surface area contributed by atoms with Crippen molar-refractivity contribution in [2.45, 2.75) is 43.9 Å². The maximum Gasteiger partial charge on any atom is 0.251 e. The van der Waals surface area contributed by atoms with E-state index >= 15 is 0 Å². The third-order valence-corrected chi connectivity index (χ3v) is 4.63. The first-order chi connectivity index (χ1) is 11.1. The average Bonchev–Trinajstić information content (AvgIpc) is 3.02. The molecule has 6 heteroatoms. The highest BCUT2D eigenvalue weighted by molar-refractivity contribution is 5.86. The molecule has 124 valence electrons. The molecule has 23 heavy (non-hydrogen) atoms. The average molecular weight is 320 g/mol. The summed E-state index contributed by atoms with van der Waals surface area (Å²) < 4.78 is 19.1. The number of hydrogen-bond donors (Lipinski definition) is 1. The molecule has 1 heterocycles. The third-order valence-electron chi connectivity index (χ3n) is 4.63. The van der Waals surface area contributed by atoms with Crippen molar-refractivity contribution in [2.75, 3.05) is 13.7 Å². The number of amides is 2. The first-order valence-electron chi connectivity index (χ1n) is 7.99. The molecule has 0 unspecified atom stereocenters. The number of halogens is 1. The summed E-state index contributed by atoms with van der Waals surface area (Å²) >= 11 is 0. The second-order valence-electron chi connectivity index (χ2n) is 6.23. The minimum atomic E-state index is -0.819. The van der Waals surface area contributed by atoms with Crippen molar-refractivity contribution in [2.24, 2.45) is 0 Å². The maximum absolute atomic E-state index is 13.6. The van der Waals surface area contributed by atoms with Gasteiger partial charge in [0.15, 0.2) is 6.10 Å². The van der Waals surface area contributed by atoms with Crippen molar-refractivity contribution in [3.05, 3.63) is 35.6 Å². The highest BCUT2D eigenvalue weighted by Gasteiger charge is 2.40. The van der Waals surface area contributed by atoms with Gasteiger partial charge in [0.25, 0.3) is 5.91 Å². The maximum atomic E-state index is 13.6. The van der Waals surface area contributed by atoms with E-state index < -0.39 is 18.0 Å². The van der Waals surface area contributed by atoms with Crippen LogP contribution in [0.4, 0.5) is 4.39 Å². The lowest BCUT2D eigenvalue weighted by Crippen LogP contribution is -2.54. The zero-order chi connectivity index (χ0) is 16.4. The molecule has 2 aliphatic rings. The zero-order valence-electron chi connectivity index (χ0n) is 13.1. The van der Waals surface area contributed by atoms with Gasteiger partial charge in [0.1, 0.15) is 12.4 Å². The van der Waals surface area contributed by atoms with Crippen molar-refractivity contribution >= 4 is 11.8 Å². The predicted octanol–water partition coefficient (Wildman–Crippen LogP) is 1.78. The molecule has 3 rings (SSSR count). The Morgan fingerprint density at radius 3 is 2.78 bits per heavy atom. The van der Waals surface area contributed by atoms with E-state index in [2.05, 4.69) is 5.32 Å². The fourth-order valence-electron chi connectivity index (χ4n) is 3.37. The number of carbonyl (C=O) groups excluding carboxylic acids is 2. The number of benzene rings is 1. The van der Waals surface area contributed by atoms with E-state index in [0.29, 0.717) is 5.56 Å². The van der Waals surface area contributed by atoms with Gasteiger partial charge in [-0.2, -0.15) is 0 Å². The second kappa shape index (κ2) is 6.66. The van der Waals surface area contributed by atoms with E-state index in [4.69, 9.17) is 4.74 Å². The Balaban J connectivity index is 1.83. The summed E-state index contributed by atoms with van der Waals surface area (Å²) in [4.78, 5) is 26.0. The van der Waals surface area contributed by atoms with E-state index in [1.165, 1.54) is 17.0 Å². The Hall–Kier alpha value is -1.95. The molecular weight excluding hydrogens is 299 g/mol. The van der Waals surface area contributed by atoms with Crippen molar-refractivity contribution in [1.82, 2.24) is 10.2 Å². The molecule has 1 N–H and O–H groups in total. The highest BCUT2D eigenvalue weighted by Crippen LogP contribution is 2.30. The Labute approximate surface area is 134 Å². The predicted molar refractivity (Wildman–Crippen MR) is 82.0 cm³/mol. The number of morpholine rings is 1. The lowest BCUT2D eigenvalue weighted by molar-refractivity contribution is -0.162. The molecule has 2 fully saturated rings. The molecule has 2 amide bonds. The zero-order valence-corrected chi connectivity index (χ0v) is 13.1. The number of nitrogens with zero attached hydrogens (tertiary/aromatic N) is 1. The summed E-state index contributed by atoms with van der Waals surface area (Å²) in [6, 6.07) is 5.52. The lowest BCUT2D eigenvalue weighted by atomic mass is 9.97. The summed E-state index contributed by atoms with van der Waals surface area (Å²) in [5, 5.41) is 3.00.